The molecule has 0 aliphatic heterocycles. The molecule has 0 saturated heterocycles. The molecular weight excluding hydrogens is 208 g/mol. The number of aromatic nitrogens is 3. The van der Waals surface area contributed by atoms with Crippen molar-refractivity contribution in [2.24, 2.45) is 0 Å². The first kappa shape index (κ1) is 10.0. The molecule has 2 heterocycles. The van der Waals surface area contributed by atoms with E-state index in [1.165, 1.54) is 0 Å². The van der Waals surface area contributed by atoms with Crippen LogP contribution in [-0.2, 0) is 6.54 Å². The lowest BCUT2D eigenvalue weighted by Crippen LogP contribution is -2.01. The summed E-state index contributed by atoms with van der Waals surface area (Å²) in [6.45, 7) is 0.846. The molecule has 0 aromatic carbocycles. The highest BCUT2D eigenvalue weighted by Crippen LogP contribution is 2.13. The fourth-order valence-corrected chi connectivity index (χ4v) is 1.98. The summed E-state index contributed by atoms with van der Waals surface area (Å²) >= 11 is 1.71. The van der Waals surface area contributed by atoms with Gasteiger partial charge in [0.25, 0.3) is 0 Å². The molecule has 2 N–H and O–H groups in total. The number of nitrogens with zero attached hydrogens (tertiary/aromatic N) is 3. The Bertz CT molecular complexity index is 412. The van der Waals surface area contributed by atoms with E-state index >= 15 is 0 Å². The molecule has 78 valence electrons. The molecular formula is C10H12N4S. The minimum absolute atomic E-state index is 0.567. The molecule has 0 atom stereocenters. The molecule has 4 nitrogen and oxygen atoms in total. The predicted octanol–water partition coefficient (Wildman–Crippen LogP) is 1.65. The van der Waals surface area contributed by atoms with Gasteiger partial charge in [-0.25, -0.2) is 4.98 Å². The van der Waals surface area contributed by atoms with E-state index in [1.807, 2.05) is 29.1 Å². The van der Waals surface area contributed by atoms with E-state index in [1.54, 1.807) is 24.0 Å². The highest BCUT2D eigenvalue weighted by Gasteiger charge is 1.96. The van der Waals surface area contributed by atoms with Crippen molar-refractivity contribution in [1.29, 1.82) is 0 Å². The van der Waals surface area contributed by atoms with Crippen molar-refractivity contribution < 1.29 is 0 Å². The number of aryl methyl sites for hydroxylation is 1. The Balaban J connectivity index is 1.80. The number of anilines is 1. The van der Waals surface area contributed by atoms with Crippen LogP contribution in [-0.4, -0.2) is 20.5 Å². The normalized spacial score (nSPS) is 10.4. The minimum Gasteiger partial charge on any atom is -0.382 e. The summed E-state index contributed by atoms with van der Waals surface area (Å²) in [6, 6.07) is 7.70. The van der Waals surface area contributed by atoms with Crippen LogP contribution in [0.15, 0.2) is 41.7 Å². The van der Waals surface area contributed by atoms with Gasteiger partial charge in [-0.2, -0.15) is 5.10 Å². The lowest BCUT2D eigenvalue weighted by Gasteiger charge is -2.00. The third kappa shape index (κ3) is 2.99. The van der Waals surface area contributed by atoms with Crippen LogP contribution in [0, 0.1) is 0 Å². The van der Waals surface area contributed by atoms with Crippen LogP contribution in [0.3, 0.4) is 0 Å². The van der Waals surface area contributed by atoms with Crippen LogP contribution in [0.4, 0.5) is 5.82 Å². The van der Waals surface area contributed by atoms with Gasteiger partial charge < -0.3 is 5.73 Å². The van der Waals surface area contributed by atoms with Gasteiger partial charge in [-0.15, -0.1) is 11.8 Å². The fraction of sp³-hybridized carbons (Fsp3) is 0.200. The number of hydrogen-bond acceptors (Lipinski definition) is 4. The molecule has 0 unspecified atom stereocenters. The van der Waals surface area contributed by atoms with Gasteiger partial charge in [0, 0.05) is 18.1 Å². The number of rotatable bonds is 4. The maximum Gasteiger partial charge on any atom is 0.145 e. The number of nitrogen functional groups attached to an aromatic ring is 1. The lowest BCUT2D eigenvalue weighted by atomic mass is 10.5. The Morgan fingerprint density at radius 3 is 2.93 bits per heavy atom. The third-order valence-electron chi connectivity index (χ3n) is 1.87. The molecule has 0 spiro atoms. The molecule has 0 radical (unpaired) electrons. The van der Waals surface area contributed by atoms with E-state index in [4.69, 9.17) is 5.73 Å². The van der Waals surface area contributed by atoms with E-state index in [9.17, 15) is 0 Å². The fourth-order valence-electron chi connectivity index (χ4n) is 1.18. The van der Waals surface area contributed by atoms with Crippen molar-refractivity contribution in [1.82, 2.24) is 14.8 Å². The van der Waals surface area contributed by atoms with Crippen molar-refractivity contribution >= 4 is 17.6 Å². The zero-order valence-electron chi connectivity index (χ0n) is 8.21. The number of pyridine rings is 1. The predicted molar refractivity (Wildman–Crippen MR) is 61.6 cm³/mol. The summed E-state index contributed by atoms with van der Waals surface area (Å²) < 4.78 is 1.84. The SMILES string of the molecule is Nc1ccn(CCSc2ccccn2)n1. The van der Waals surface area contributed by atoms with Gasteiger partial charge in [0.15, 0.2) is 0 Å². The van der Waals surface area contributed by atoms with Gasteiger partial charge >= 0.3 is 0 Å². The summed E-state index contributed by atoms with van der Waals surface area (Å²) in [5.74, 6) is 1.51. The van der Waals surface area contributed by atoms with Gasteiger partial charge in [0.05, 0.1) is 11.6 Å². The monoisotopic (exact) mass is 220 g/mol. The zero-order chi connectivity index (χ0) is 10.5. The number of thioether (sulfide) groups is 1. The Labute approximate surface area is 92.5 Å². The summed E-state index contributed by atoms with van der Waals surface area (Å²) in [6.07, 6.45) is 3.68. The van der Waals surface area contributed by atoms with Crippen LogP contribution in [0.1, 0.15) is 0 Å². The van der Waals surface area contributed by atoms with Gasteiger partial charge in [-0.1, -0.05) is 6.07 Å². The molecule has 5 heteroatoms. The second kappa shape index (κ2) is 4.84. The van der Waals surface area contributed by atoms with Gasteiger partial charge in [0.2, 0.25) is 0 Å². The van der Waals surface area contributed by atoms with Crippen molar-refractivity contribution in [2.75, 3.05) is 11.5 Å². The van der Waals surface area contributed by atoms with E-state index in [2.05, 4.69) is 10.1 Å². The molecule has 0 bridgehead atoms. The lowest BCUT2D eigenvalue weighted by molar-refractivity contribution is 0.669. The first-order valence-electron chi connectivity index (χ1n) is 4.67. The summed E-state index contributed by atoms with van der Waals surface area (Å²) in [7, 11) is 0. The van der Waals surface area contributed by atoms with Crippen LogP contribution in [0.2, 0.25) is 0 Å². The smallest absolute Gasteiger partial charge is 0.145 e. The second-order valence-corrected chi connectivity index (χ2v) is 4.14. The first-order valence-corrected chi connectivity index (χ1v) is 5.66. The quantitative estimate of drug-likeness (QED) is 0.796. The van der Waals surface area contributed by atoms with Crippen LogP contribution in [0.5, 0.6) is 0 Å². The molecule has 0 aliphatic rings. The second-order valence-electron chi connectivity index (χ2n) is 3.02. The summed E-state index contributed by atoms with van der Waals surface area (Å²) in [5, 5.41) is 5.14. The Morgan fingerprint density at radius 2 is 2.27 bits per heavy atom. The van der Waals surface area contributed by atoms with Crippen LogP contribution in [0.25, 0.3) is 0 Å². The van der Waals surface area contributed by atoms with Crippen LogP contribution < -0.4 is 5.73 Å². The number of hydrogen-bond donors (Lipinski definition) is 1. The Morgan fingerprint density at radius 1 is 1.33 bits per heavy atom. The molecule has 2 aromatic heterocycles. The average Bonchev–Trinajstić information content (AvgIpc) is 2.66. The van der Waals surface area contributed by atoms with E-state index in [0.717, 1.165) is 17.3 Å². The van der Waals surface area contributed by atoms with E-state index in [-0.39, 0.29) is 0 Å². The molecule has 0 aliphatic carbocycles. The summed E-state index contributed by atoms with van der Waals surface area (Å²) in [4.78, 5) is 4.22. The Hall–Kier alpha value is -1.49. The van der Waals surface area contributed by atoms with Gasteiger partial charge in [-0.05, 0) is 18.2 Å². The molecule has 2 aromatic rings. The highest BCUT2D eigenvalue weighted by molar-refractivity contribution is 7.99. The third-order valence-corrected chi connectivity index (χ3v) is 2.79. The van der Waals surface area contributed by atoms with Crippen molar-refractivity contribution in [3.05, 3.63) is 36.7 Å². The maximum absolute atomic E-state index is 5.51. The molecule has 0 saturated carbocycles. The highest BCUT2D eigenvalue weighted by atomic mass is 32.2. The van der Waals surface area contributed by atoms with E-state index in [0.29, 0.717) is 5.82 Å². The standard InChI is InChI=1S/C10H12N4S/c11-9-4-6-14(13-9)7-8-15-10-3-1-2-5-12-10/h1-6H,7-8H2,(H2,11,13). The van der Waals surface area contributed by atoms with Crippen molar-refractivity contribution in [2.45, 2.75) is 11.6 Å². The Kier molecular flexibility index (Phi) is 3.24. The number of nitrogens with two attached hydrogens (primary N) is 1. The molecule has 15 heavy (non-hydrogen) atoms. The molecule has 0 amide bonds. The topological polar surface area (TPSA) is 56.7 Å². The maximum atomic E-state index is 5.51. The van der Waals surface area contributed by atoms with E-state index < -0.39 is 0 Å². The van der Waals surface area contributed by atoms with Crippen LogP contribution >= 0.6 is 11.8 Å². The van der Waals surface area contributed by atoms with Crippen molar-refractivity contribution in [3.63, 3.8) is 0 Å². The zero-order valence-corrected chi connectivity index (χ0v) is 9.02. The molecule has 2 rings (SSSR count). The average molecular weight is 220 g/mol. The minimum atomic E-state index is 0.567. The largest absolute Gasteiger partial charge is 0.382 e. The van der Waals surface area contributed by atoms with Gasteiger partial charge in [0.1, 0.15) is 5.82 Å². The van der Waals surface area contributed by atoms with Gasteiger partial charge in [-0.3, -0.25) is 4.68 Å². The summed E-state index contributed by atoms with van der Waals surface area (Å²) in [5.41, 5.74) is 5.51. The van der Waals surface area contributed by atoms with Crippen molar-refractivity contribution in [3.8, 4) is 0 Å². The first-order chi connectivity index (χ1) is 7.34. The molecule has 0 fully saturated rings.